The lowest BCUT2D eigenvalue weighted by atomic mass is 9.89. The topological polar surface area (TPSA) is 54.0 Å². The van der Waals surface area contributed by atoms with Gasteiger partial charge in [-0.15, -0.1) is 0 Å². The van der Waals surface area contributed by atoms with Crippen molar-refractivity contribution in [3.8, 4) is 16.9 Å². The van der Waals surface area contributed by atoms with Crippen LogP contribution < -0.4 is 4.74 Å². The molecule has 2 aromatic carbocycles. The number of carbonyl (C=O) groups excluding carboxylic acids is 1. The second kappa shape index (κ2) is 13.1. The summed E-state index contributed by atoms with van der Waals surface area (Å²) in [4.78, 5) is 12.9. The van der Waals surface area contributed by atoms with Gasteiger partial charge in [-0.05, 0) is 83.1 Å². The lowest BCUT2D eigenvalue weighted by molar-refractivity contribution is -0.167. The third-order valence-corrected chi connectivity index (χ3v) is 6.88. The molecule has 192 valence electrons. The van der Waals surface area contributed by atoms with Gasteiger partial charge in [0.05, 0.1) is 18.6 Å². The highest BCUT2D eigenvalue weighted by atomic mass is 16.6. The molecule has 2 unspecified atom stereocenters. The minimum absolute atomic E-state index is 0.149. The highest BCUT2D eigenvalue weighted by Gasteiger charge is 2.35. The van der Waals surface area contributed by atoms with Crippen molar-refractivity contribution in [1.82, 2.24) is 0 Å². The fraction of sp³-hybridized carbons (Fsp3) is 0.567. The predicted octanol–water partition coefficient (Wildman–Crippen LogP) is 7.10. The Labute approximate surface area is 211 Å². The molecule has 0 heterocycles. The van der Waals surface area contributed by atoms with E-state index in [1.54, 1.807) is 0 Å². The molecular formula is C30H42O5. The largest absolute Gasteiger partial charge is 0.486 e. The third kappa shape index (κ3) is 7.31. The Morgan fingerprint density at radius 2 is 1.43 bits per heavy atom. The summed E-state index contributed by atoms with van der Waals surface area (Å²) in [7, 11) is 0. The van der Waals surface area contributed by atoms with Gasteiger partial charge in [-0.3, -0.25) is 4.79 Å². The summed E-state index contributed by atoms with van der Waals surface area (Å²) in [5.74, 6) is 0.651. The number of hydrogen-bond donors (Lipinski definition) is 0. The van der Waals surface area contributed by atoms with Crippen LogP contribution in [0.15, 0.2) is 42.5 Å². The van der Waals surface area contributed by atoms with Crippen molar-refractivity contribution in [3.63, 3.8) is 0 Å². The van der Waals surface area contributed by atoms with Crippen LogP contribution in [0, 0.1) is 5.41 Å². The van der Waals surface area contributed by atoms with Crippen molar-refractivity contribution in [3.05, 3.63) is 53.6 Å². The second-order valence-electron chi connectivity index (χ2n) is 9.89. The minimum atomic E-state index is -0.500. The van der Waals surface area contributed by atoms with Crippen molar-refractivity contribution < 1.29 is 23.7 Å². The summed E-state index contributed by atoms with van der Waals surface area (Å²) >= 11 is 0. The van der Waals surface area contributed by atoms with Gasteiger partial charge in [0.25, 0.3) is 0 Å². The van der Waals surface area contributed by atoms with Gasteiger partial charge >= 0.3 is 5.97 Å². The van der Waals surface area contributed by atoms with Gasteiger partial charge in [-0.25, -0.2) is 0 Å². The van der Waals surface area contributed by atoms with E-state index in [0.717, 1.165) is 60.1 Å². The monoisotopic (exact) mass is 482 g/mol. The quantitative estimate of drug-likeness (QED) is 0.302. The zero-order valence-corrected chi connectivity index (χ0v) is 22.1. The van der Waals surface area contributed by atoms with Crippen LogP contribution in [0.2, 0.25) is 0 Å². The van der Waals surface area contributed by atoms with Gasteiger partial charge in [0, 0.05) is 24.3 Å². The highest BCUT2D eigenvalue weighted by molar-refractivity contribution is 5.76. The smallest absolute Gasteiger partial charge is 0.311 e. The van der Waals surface area contributed by atoms with Gasteiger partial charge in [-0.2, -0.15) is 0 Å². The lowest BCUT2D eigenvalue weighted by Gasteiger charge is -2.34. The Balaban J connectivity index is 1.96. The third-order valence-electron chi connectivity index (χ3n) is 6.88. The summed E-state index contributed by atoms with van der Waals surface area (Å²) in [6.45, 7) is 12.0. The van der Waals surface area contributed by atoms with Crippen LogP contribution in [0.25, 0.3) is 11.1 Å². The van der Waals surface area contributed by atoms with E-state index in [1.807, 2.05) is 52.8 Å². The highest BCUT2D eigenvalue weighted by Crippen LogP contribution is 2.36. The zero-order valence-electron chi connectivity index (χ0n) is 22.1. The summed E-state index contributed by atoms with van der Waals surface area (Å²) < 4.78 is 24.5. The number of rotatable bonds is 12. The molecule has 0 aromatic heterocycles. The first-order valence-corrected chi connectivity index (χ1v) is 13.1. The molecule has 5 heteroatoms. The molecule has 0 spiro atoms. The van der Waals surface area contributed by atoms with E-state index in [0.29, 0.717) is 26.4 Å². The van der Waals surface area contributed by atoms with Crippen molar-refractivity contribution in [2.75, 3.05) is 13.2 Å². The summed E-state index contributed by atoms with van der Waals surface area (Å²) in [6.07, 6.45) is 4.06. The first-order valence-electron chi connectivity index (χ1n) is 13.1. The van der Waals surface area contributed by atoms with Crippen LogP contribution >= 0.6 is 0 Å². The van der Waals surface area contributed by atoms with E-state index < -0.39 is 5.41 Å². The van der Waals surface area contributed by atoms with Gasteiger partial charge in [0.15, 0.2) is 0 Å². The van der Waals surface area contributed by atoms with Crippen molar-refractivity contribution in [2.45, 2.75) is 92.1 Å². The zero-order chi connectivity index (χ0) is 25.3. The predicted molar refractivity (Wildman–Crippen MR) is 139 cm³/mol. The normalized spacial score (nSPS) is 18.3. The van der Waals surface area contributed by atoms with E-state index >= 15 is 0 Å². The molecule has 1 fully saturated rings. The van der Waals surface area contributed by atoms with Crippen LogP contribution in [-0.4, -0.2) is 31.4 Å². The molecule has 5 nitrogen and oxygen atoms in total. The fourth-order valence-electron chi connectivity index (χ4n) is 4.27. The van der Waals surface area contributed by atoms with Crippen LogP contribution in [0.3, 0.4) is 0 Å². The Kier molecular flexibility index (Phi) is 10.2. The molecule has 0 amide bonds. The summed E-state index contributed by atoms with van der Waals surface area (Å²) in [5.41, 5.74) is 3.74. The Hall–Kier alpha value is -2.37. The number of ether oxygens (including phenoxy) is 4. The van der Waals surface area contributed by atoms with Crippen LogP contribution in [-0.2, 0) is 32.2 Å². The maximum absolute atomic E-state index is 12.9. The average Bonchev–Trinajstić information content (AvgIpc) is 2.88. The van der Waals surface area contributed by atoms with Crippen molar-refractivity contribution in [1.29, 1.82) is 0 Å². The molecule has 1 saturated carbocycles. The standard InChI is InChI=1S/C30H42O5/c1-6-30(4,5)29(31)35-27-17-13-12-16-26(27)34-28-24(20-32-7-2)18-23(19-25(28)21-33-8-3)22-14-10-9-11-15-22/h9-11,14-15,18-19,26-27H,6-8,12-13,16-17,20-21H2,1-5H3. The average molecular weight is 483 g/mol. The number of benzene rings is 2. The Morgan fingerprint density at radius 1 is 0.857 bits per heavy atom. The van der Waals surface area contributed by atoms with Crippen LogP contribution in [0.5, 0.6) is 5.75 Å². The van der Waals surface area contributed by atoms with Gasteiger partial charge in [0.2, 0.25) is 0 Å². The van der Waals surface area contributed by atoms with E-state index in [-0.39, 0.29) is 18.2 Å². The molecule has 0 N–H and O–H groups in total. The maximum Gasteiger partial charge on any atom is 0.311 e. The summed E-state index contributed by atoms with van der Waals surface area (Å²) in [5, 5.41) is 0. The van der Waals surface area contributed by atoms with E-state index in [2.05, 4.69) is 24.3 Å². The molecule has 1 aliphatic carbocycles. The first-order chi connectivity index (χ1) is 16.9. The molecule has 0 aliphatic heterocycles. The SMILES string of the molecule is CCOCc1cc(-c2ccccc2)cc(COCC)c1OC1CCCCC1OC(=O)C(C)(C)CC. The molecule has 2 aromatic rings. The van der Waals surface area contributed by atoms with Crippen molar-refractivity contribution >= 4 is 5.97 Å². The van der Waals surface area contributed by atoms with Crippen LogP contribution in [0.1, 0.15) is 77.8 Å². The lowest BCUT2D eigenvalue weighted by Crippen LogP contribution is -2.41. The van der Waals surface area contributed by atoms with Gasteiger partial charge in [-0.1, -0.05) is 37.3 Å². The van der Waals surface area contributed by atoms with E-state index in [9.17, 15) is 4.79 Å². The van der Waals surface area contributed by atoms with Gasteiger partial charge < -0.3 is 18.9 Å². The van der Waals surface area contributed by atoms with Gasteiger partial charge in [0.1, 0.15) is 18.0 Å². The summed E-state index contributed by atoms with van der Waals surface area (Å²) in [6, 6.07) is 14.6. The number of hydrogen-bond acceptors (Lipinski definition) is 5. The molecule has 35 heavy (non-hydrogen) atoms. The molecule has 0 bridgehead atoms. The maximum atomic E-state index is 12.9. The Morgan fingerprint density at radius 3 is 1.97 bits per heavy atom. The minimum Gasteiger partial charge on any atom is -0.486 e. The fourth-order valence-corrected chi connectivity index (χ4v) is 4.27. The molecule has 1 aliphatic rings. The number of carbonyl (C=O) groups is 1. The molecular weight excluding hydrogens is 440 g/mol. The number of esters is 1. The second-order valence-corrected chi connectivity index (χ2v) is 9.89. The molecule has 3 rings (SSSR count). The van der Waals surface area contributed by atoms with E-state index in [1.165, 1.54) is 0 Å². The van der Waals surface area contributed by atoms with Crippen LogP contribution in [0.4, 0.5) is 0 Å². The Bertz CT molecular complexity index is 908. The van der Waals surface area contributed by atoms with E-state index in [4.69, 9.17) is 18.9 Å². The molecule has 2 atom stereocenters. The molecule has 0 saturated heterocycles. The van der Waals surface area contributed by atoms with Crippen molar-refractivity contribution in [2.24, 2.45) is 5.41 Å². The molecule has 0 radical (unpaired) electrons. The first kappa shape index (κ1) is 27.2.